The summed E-state index contributed by atoms with van der Waals surface area (Å²) in [6.07, 6.45) is 8.29. The third kappa shape index (κ3) is 5.00. The van der Waals surface area contributed by atoms with E-state index < -0.39 is 11.9 Å². The van der Waals surface area contributed by atoms with E-state index in [1.54, 1.807) is 0 Å². The number of aliphatic carboxylic acids is 2. The van der Waals surface area contributed by atoms with Gasteiger partial charge in [0.1, 0.15) is 0 Å². The summed E-state index contributed by atoms with van der Waals surface area (Å²) in [5, 5.41) is 17.3. The Hall–Kier alpha value is -1.49. The van der Waals surface area contributed by atoms with E-state index in [1.807, 2.05) is 30.3 Å². The van der Waals surface area contributed by atoms with E-state index in [0.717, 1.165) is 22.6 Å². The van der Waals surface area contributed by atoms with Gasteiger partial charge in [-0.1, -0.05) is 18.2 Å². The zero-order valence-corrected chi connectivity index (χ0v) is 15.2. The molecule has 0 radical (unpaired) electrons. The first kappa shape index (κ1) is 18.3. The van der Waals surface area contributed by atoms with Gasteiger partial charge in [0, 0.05) is 4.90 Å². The molecule has 1 aromatic rings. The highest BCUT2D eigenvalue weighted by Crippen LogP contribution is 2.61. The van der Waals surface area contributed by atoms with Crippen molar-refractivity contribution >= 4 is 23.7 Å². The topological polar surface area (TPSA) is 74.6 Å². The zero-order chi connectivity index (χ0) is 17.9. The normalized spacial score (nSPS) is 31.9. The molecule has 0 aromatic heterocycles. The Balaban J connectivity index is 0.000000151. The van der Waals surface area contributed by atoms with E-state index in [9.17, 15) is 9.59 Å². The van der Waals surface area contributed by atoms with Crippen LogP contribution in [-0.2, 0) is 9.59 Å². The minimum atomic E-state index is -0.779. The van der Waals surface area contributed by atoms with E-state index >= 15 is 0 Å². The van der Waals surface area contributed by atoms with Gasteiger partial charge in [-0.25, -0.2) is 0 Å². The standard InChI is InChI=1S/C12H18O2.C8H8O2S/c13-11(14)7-12-4-8-1-9(5-12)3-10(2-8)6-12;9-8(10)6-11-7-4-2-1-3-5-7/h8-10H,1-7H2,(H,13,14);1-5H,6H2,(H,9,10). The molecule has 0 spiro atoms. The lowest BCUT2D eigenvalue weighted by Crippen LogP contribution is -2.46. The number of rotatable bonds is 5. The highest BCUT2D eigenvalue weighted by molar-refractivity contribution is 8.00. The van der Waals surface area contributed by atoms with Gasteiger partial charge in [0.15, 0.2) is 0 Å². The number of carboxylic acids is 2. The molecule has 0 amide bonds. The number of hydrogen-bond donors (Lipinski definition) is 2. The van der Waals surface area contributed by atoms with Gasteiger partial charge in [0.2, 0.25) is 0 Å². The van der Waals surface area contributed by atoms with Crippen LogP contribution in [0.25, 0.3) is 0 Å². The lowest BCUT2D eigenvalue weighted by Gasteiger charge is -2.56. The molecule has 0 heterocycles. The molecule has 2 N–H and O–H groups in total. The highest BCUT2D eigenvalue weighted by atomic mass is 32.2. The van der Waals surface area contributed by atoms with E-state index in [2.05, 4.69) is 0 Å². The van der Waals surface area contributed by atoms with Crippen molar-refractivity contribution in [3.05, 3.63) is 30.3 Å². The first-order valence-corrected chi connectivity index (χ1v) is 10.0. The SMILES string of the molecule is O=C(O)CC12CC3CC(CC(C3)C1)C2.O=C(O)CSc1ccccc1. The molecule has 0 aliphatic heterocycles. The second-order valence-electron chi connectivity index (χ2n) is 7.98. The Morgan fingerprint density at radius 2 is 1.44 bits per heavy atom. The Bertz CT molecular complexity index is 578. The van der Waals surface area contributed by atoms with Crippen molar-refractivity contribution in [3.63, 3.8) is 0 Å². The summed E-state index contributed by atoms with van der Waals surface area (Å²) in [6, 6.07) is 9.49. The fourth-order valence-corrected chi connectivity index (χ4v) is 6.13. The maximum atomic E-state index is 10.9. The van der Waals surface area contributed by atoms with Crippen LogP contribution in [0.3, 0.4) is 0 Å². The average Bonchev–Trinajstić information content (AvgIpc) is 2.52. The van der Waals surface area contributed by atoms with Gasteiger partial charge in [-0.2, -0.15) is 0 Å². The predicted octanol–water partition coefficient (Wildman–Crippen LogP) is 4.54. The molecule has 0 unspecified atom stereocenters. The largest absolute Gasteiger partial charge is 0.481 e. The quantitative estimate of drug-likeness (QED) is 0.752. The third-order valence-electron chi connectivity index (χ3n) is 5.80. The van der Waals surface area contributed by atoms with Crippen LogP contribution in [0.2, 0.25) is 0 Å². The lowest BCUT2D eigenvalue weighted by molar-refractivity contribution is -0.145. The van der Waals surface area contributed by atoms with Gasteiger partial charge in [0.25, 0.3) is 0 Å². The Morgan fingerprint density at radius 1 is 0.920 bits per heavy atom. The van der Waals surface area contributed by atoms with Crippen molar-refractivity contribution in [2.75, 3.05) is 5.75 Å². The van der Waals surface area contributed by atoms with Crippen molar-refractivity contribution < 1.29 is 19.8 Å². The fourth-order valence-electron chi connectivity index (χ4n) is 5.49. The molecule has 25 heavy (non-hydrogen) atoms. The smallest absolute Gasteiger partial charge is 0.313 e. The minimum absolute atomic E-state index is 0.129. The van der Waals surface area contributed by atoms with Gasteiger partial charge in [0.05, 0.1) is 12.2 Å². The van der Waals surface area contributed by atoms with Crippen LogP contribution in [0.5, 0.6) is 0 Å². The van der Waals surface area contributed by atoms with Gasteiger partial charge in [-0.15, -0.1) is 11.8 Å². The molecular weight excluding hydrogens is 336 g/mol. The molecule has 4 saturated carbocycles. The number of carboxylic acid groups (broad SMARTS) is 2. The van der Waals surface area contributed by atoms with Gasteiger partial charge in [-0.05, 0) is 73.8 Å². The van der Waals surface area contributed by atoms with Crippen LogP contribution >= 0.6 is 11.8 Å². The number of thioether (sulfide) groups is 1. The van der Waals surface area contributed by atoms with Crippen molar-refractivity contribution in [1.29, 1.82) is 0 Å². The van der Waals surface area contributed by atoms with E-state index in [4.69, 9.17) is 10.2 Å². The summed E-state index contributed by atoms with van der Waals surface area (Å²) >= 11 is 1.33. The van der Waals surface area contributed by atoms with Crippen molar-refractivity contribution in [2.45, 2.75) is 49.8 Å². The van der Waals surface area contributed by atoms with Gasteiger partial charge >= 0.3 is 11.9 Å². The second kappa shape index (κ2) is 7.81. The van der Waals surface area contributed by atoms with E-state index in [0.29, 0.717) is 6.42 Å². The predicted molar refractivity (Wildman–Crippen MR) is 97.7 cm³/mol. The van der Waals surface area contributed by atoms with Crippen molar-refractivity contribution in [1.82, 2.24) is 0 Å². The molecule has 0 atom stereocenters. The molecule has 4 fully saturated rings. The molecule has 4 nitrogen and oxygen atoms in total. The molecular formula is C20H26O4S. The number of benzene rings is 1. The first-order valence-electron chi connectivity index (χ1n) is 9.05. The van der Waals surface area contributed by atoms with Crippen LogP contribution in [0, 0.1) is 23.2 Å². The monoisotopic (exact) mass is 362 g/mol. The summed E-state index contributed by atoms with van der Waals surface area (Å²) in [4.78, 5) is 22.0. The van der Waals surface area contributed by atoms with Crippen LogP contribution < -0.4 is 0 Å². The van der Waals surface area contributed by atoms with Crippen molar-refractivity contribution in [2.24, 2.45) is 23.2 Å². The van der Waals surface area contributed by atoms with Crippen molar-refractivity contribution in [3.8, 4) is 0 Å². The van der Waals surface area contributed by atoms with Crippen LogP contribution in [-0.4, -0.2) is 27.9 Å². The molecule has 136 valence electrons. The maximum absolute atomic E-state index is 10.9. The second-order valence-corrected chi connectivity index (χ2v) is 9.03. The Kier molecular flexibility index (Phi) is 5.72. The zero-order valence-electron chi connectivity index (χ0n) is 14.4. The third-order valence-corrected chi connectivity index (χ3v) is 6.79. The molecule has 4 bridgehead atoms. The fraction of sp³-hybridized carbons (Fsp3) is 0.600. The maximum Gasteiger partial charge on any atom is 0.313 e. The first-order chi connectivity index (χ1) is 11.9. The van der Waals surface area contributed by atoms with Crippen LogP contribution in [0.4, 0.5) is 0 Å². The Labute approximate surface area is 153 Å². The average molecular weight is 362 g/mol. The molecule has 4 aliphatic carbocycles. The molecule has 4 aliphatic rings. The number of carbonyl (C=O) groups is 2. The van der Waals surface area contributed by atoms with E-state index in [-0.39, 0.29) is 11.2 Å². The summed E-state index contributed by atoms with van der Waals surface area (Å²) in [5.74, 6) is 1.40. The molecule has 5 heteroatoms. The van der Waals surface area contributed by atoms with Crippen LogP contribution in [0.15, 0.2) is 35.2 Å². The van der Waals surface area contributed by atoms with Crippen LogP contribution in [0.1, 0.15) is 44.9 Å². The minimum Gasteiger partial charge on any atom is -0.481 e. The molecule has 0 saturated heterocycles. The Morgan fingerprint density at radius 3 is 1.88 bits per heavy atom. The summed E-state index contributed by atoms with van der Waals surface area (Å²) in [5.41, 5.74) is 0.223. The lowest BCUT2D eigenvalue weighted by atomic mass is 9.49. The number of hydrogen-bond acceptors (Lipinski definition) is 3. The highest BCUT2D eigenvalue weighted by Gasteiger charge is 2.51. The molecule has 5 rings (SSSR count). The summed E-state index contributed by atoms with van der Waals surface area (Å²) in [7, 11) is 0. The van der Waals surface area contributed by atoms with E-state index in [1.165, 1.54) is 50.3 Å². The molecule has 1 aromatic carbocycles. The summed E-state index contributed by atoms with van der Waals surface area (Å²) in [6.45, 7) is 0. The summed E-state index contributed by atoms with van der Waals surface area (Å²) < 4.78 is 0. The van der Waals surface area contributed by atoms with Gasteiger partial charge < -0.3 is 10.2 Å². The van der Waals surface area contributed by atoms with Gasteiger partial charge in [-0.3, -0.25) is 9.59 Å².